The second-order valence-electron chi connectivity index (χ2n) is 4.85. The van der Waals surface area contributed by atoms with Crippen LogP contribution in [0.1, 0.15) is 36.8 Å². The molecule has 0 aliphatic heterocycles. The summed E-state index contributed by atoms with van der Waals surface area (Å²) in [4.78, 5) is 4.71. The largest absolute Gasteiger partial charge is 0.324 e. The van der Waals surface area contributed by atoms with Gasteiger partial charge >= 0.3 is 0 Å². The van der Waals surface area contributed by atoms with Crippen molar-refractivity contribution >= 4 is 11.8 Å². The van der Waals surface area contributed by atoms with E-state index in [1.54, 1.807) is 11.8 Å². The highest BCUT2D eigenvalue weighted by molar-refractivity contribution is 7.98. The van der Waals surface area contributed by atoms with Gasteiger partial charge in [0.1, 0.15) is 5.82 Å². The molecule has 2 aromatic rings. The molecule has 0 atom stereocenters. The average molecular weight is 275 g/mol. The van der Waals surface area contributed by atoms with Gasteiger partial charge in [0, 0.05) is 6.54 Å². The van der Waals surface area contributed by atoms with Gasteiger partial charge in [0.05, 0.1) is 17.3 Å². The van der Waals surface area contributed by atoms with Crippen LogP contribution in [0.5, 0.6) is 0 Å². The van der Waals surface area contributed by atoms with E-state index in [2.05, 4.69) is 48.9 Å². The standard InChI is InChI=1S/C15H21N3S/c1-11(2)14-15(19-3)18(13(9-16)17-14)10-12-7-5-4-6-8-12/h4-8,11H,9-10,16H2,1-3H3. The molecular formula is C15H21N3S. The van der Waals surface area contributed by atoms with Crippen LogP contribution in [0.4, 0.5) is 0 Å². The lowest BCUT2D eigenvalue weighted by atomic mass is 10.1. The molecule has 4 heteroatoms. The van der Waals surface area contributed by atoms with E-state index in [0.29, 0.717) is 12.5 Å². The van der Waals surface area contributed by atoms with E-state index >= 15 is 0 Å². The fourth-order valence-electron chi connectivity index (χ4n) is 2.18. The van der Waals surface area contributed by atoms with Crippen LogP contribution in [-0.4, -0.2) is 15.8 Å². The maximum atomic E-state index is 5.85. The minimum Gasteiger partial charge on any atom is -0.324 e. The average Bonchev–Trinajstić information content (AvgIpc) is 2.78. The smallest absolute Gasteiger partial charge is 0.123 e. The first kappa shape index (κ1) is 14.2. The lowest BCUT2D eigenvalue weighted by molar-refractivity contribution is 0.669. The molecule has 1 aromatic heterocycles. The molecule has 2 rings (SSSR count). The predicted molar refractivity (Wildman–Crippen MR) is 81.5 cm³/mol. The number of hydrogen-bond acceptors (Lipinski definition) is 3. The molecule has 0 saturated heterocycles. The molecule has 0 bridgehead atoms. The van der Waals surface area contributed by atoms with Crippen molar-refractivity contribution in [1.82, 2.24) is 9.55 Å². The minimum atomic E-state index is 0.421. The number of nitrogens with two attached hydrogens (primary N) is 1. The maximum absolute atomic E-state index is 5.85. The molecule has 102 valence electrons. The fourth-order valence-corrected chi connectivity index (χ4v) is 3.06. The second kappa shape index (κ2) is 6.26. The zero-order valence-corrected chi connectivity index (χ0v) is 12.6. The Balaban J connectivity index is 2.43. The Hall–Kier alpha value is -1.26. The lowest BCUT2D eigenvalue weighted by Crippen LogP contribution is -2.10. The van der Waals surface area contributed by atoms with Gasteiger partial charge in [0.15, 0.2) is 0 Å². The van der Waals surface area contributed by atoms with E-state index in [1.165, 1.54) is 10.6 Å². The number of thioether (sulfide) groups is 1. The summed E-state index contributed by atoms with van der Waals surface area (Å²) in [7, 11) is 0. The van der Waals surface area contributed by atoms with Gasteiger partial charge in [-0.1, -0.05) is 44.2 Å². The van der Waals surface area contributed by atoms with Crippen molar-refractivity contribution in [2.24, 2.45) is 5.73 Å². The summed E-state index contributed by atoms with van der Waals surface area (Å²) in [6, 6.07) is 10.4. The highest BCUT2D eigenvalue weighted by atomic mass is 32.2. The first-order valence-corrected chi connectivity index (χ1v) is 7.77. The van der Waals surface area contributed by atoms with Crippen molar-refractivity contribution in [3.05, 3.63) is 47.4 Å². The van der Waals surface area contributed by atoms with Crippen molar-refractivity contribution in [2.45, 2.75) is 37.9 Å². The molecule has 0 saturated carbocycles. The summed E-state index contributed by atoms with van der Waals surface area (Å²) in [6.45, 7) is 5.67. The Kier molecular flexibility index (Phi) is 4.66. The van der Waals surface area contributed by atoms with Crippen LogP contribution in [0.25, 0.3) is 0 Å². The normalized spacial score (nSPS) is 11.2. The highest BCUT2D eigenvalue weighted by Gasteiger charge is 2.17. The van der Waals surface area contributed by atoms with Crippen LogP contribution >= 0.6 is 11.8 Å². The van der Waals surface area contributed by atoms with Gasteiger partial charge in [-0.25, -0.2) is 4.98 Å². The summed E-state index contributed by atoms with van der Waals surface area (Å²) in [5, 5.41) is 1.24. The van der Waals surface area contributed by atoms with Crippen molar-refractivity contribution in [3.8, 4) is 0 Å². The molecule has 1 aromatic carbocycles. The Labute approximate surface area is 119 Å². The van der Waals surface area contributed by atoms with Crippen molar-refractivity contribution in [3.63, 3.8) is 0 Å². The van der Waals surface area contributed by atoms with E-state index in [0.717, 1.165) is 18.1 Å². The monoisotopic (exact) mass is 275 g/mol. The van der Waals surface area contributed by atoms with Gasteiger partial charge in [-0.15, -0.1) is 11.8 Å². The third-order valence-electron chi connectivity index (χ3n) is 3.13. The zero-order chi connectivity index (χ0) is 13.8. The second-order valence-corrected chi connectivity index (χ2v) is 5.65. The SMILES string of the molecule is CSc1c(C(C)C)nc(CN)n1Cc1ccccc1. The third kappa shape index (κ3) is 3.01. The molecule has 2 N–H and O–H groups in total. The first-order chi connectivity index (χ1) is 9.17. The topological polar surface area (TPSA) is 43.8 Å². The molecule has 19 heavy (non-hydrogen) atoms. The zero-order valence-electron chi connectivity index (χ0n) is 11.8. The Bertz CT molecular complexity index is 532. The summed E-state index contributed by atoms with van der Waals surface area (Å²) in [6.07, 6.45) is 2.10. The third-order valence-corrected chi connectivity index (χ3v) is 3.95. The fraction of sp³-hybridized carbons (Fsp3) is 0.400. The number of aromatic nitrogens is 2. The first-order valence-electron chi connectivity index (χ1n) is 6.54. The van der Waals surface area contributed by atoms with E-state index in [4.69, 9.17) is 10.7 Å². The van der Waals surface area contributed by atoms with Crippen LogP contribution in [0.3, 0.4) is 0 Å². The van der Waals surface area contributed by atoms with E-state index in [1.807, 2.05) is 6.07 Å². The van der Waals surface area contributed by atoms with Crippen molar-refractivity contribution in [2.75, 3.05) is 6.26 Å². The number of benzene rings is 1. The van der Waals surface area contributed by atoms with Crippen molar-refractivity contribution < 1.29 is 0 Å². The summed E-state index contributed by atoms with van der Waals surface area (Å²) >= 11 is 1.75. The molecule has 0 spiro atoms. The molecule has 0 fully saturated rings. The molecule has 3 nitrogen and oxygen atoms in total. The highest BCUT2D eigenvalue weighted by Crippen LogP contribution is 2.28. The van der Waals surface area contributed by atoms with Gasteiger partial charge in [0.2, 0.25) is 0 Å². The quantitative estimate of drug-likeness (QED) is 0.852. The number of rotatable bonds is 5. The van der Waals surface area contributed by atoms with Gasteiger partial charge in [-0.2, -0.15) is 0 Å². The Morgan fingerprint density at radius 2 is 1.95 bits per heavy atom. The predicted octanol–water partition coefficient (Wildman–Crippen LogP) is 3.24. The molecule has 0 unspecified atom stereocenters. The summed E-state index contributed by atoms with van der Waals surface area (Å²) in [5.41, 5.74) is 8.28. The lowest BCUT2D eigenvalue weighted by Gasteiger charge is -2.11. The van der Waals surface area contributed by atoms with Gasteiger partial charge < -0.3 is 10.3 Å². The molecule has 0 aliphatic carbocycles. The van der Waals surface area contributed by atoms with Crippen LogP contribution < -0.4 is 5.73 Å². The molecule has 0 aliphatic rings. The van der Waals surface area contributed by atoms with E-state index in [9.17, 15) is 0 Å². The number of nitrogens with zero attached hydrogens (tertiary/aromatic N) is 2. The Morgan fingerprint density at radius 3 is 2.47 bits per heavy atom. The number of imidazole rings is 1. The summed E-state index contributed by atoms with van der Waals surface area (Å²) in [5.74, 6) is 1.39. The summed E-state index contributed by atoms with van der Waals surface area (Å²) < 4.78 is 2.25. The van der Waals surface area contributed by atoms with Gasteiger partial charge in [-0.05, 0) is 17.7 Å². The Morgan fingerprint density at radius 1 is 1.26 bits per heavy atom. The molecular weight excluding hydrogens is 254 g/mol. The van der Waals surface area contributed by atoms with E-state index < -0.39 is 0 Å². The maximum Gasteiger partial charge on any atom is 0.123 e. The van der Waals surface area contributed by atoms with Crippen LogP contribution in [0.2, 0.25) is 0 Å². The minimum absolute atomic E-state index is 0.421. The van der Waals surface area contributed by atoms with E-state index in [-0.39, 0.29) is 0 Å². The molecule has 0 amide bonds. The van der Waals surface area contributed by atoms with Crippen molar-refractivity contribution in [1.29, 1.82) is 0 Å². The van der Waals surface area contributed by atoms with Crippen LogP contribution in [-0.2, 0) is 13.1 Å². The molecule has 1 heterocycles. The van der Waals surface area contributed by atoms with Crippen LogP contribution in [0.15, 0.2) is 35.4 Å². The van der Waals surface area contributed by atoms with Gasteiger partial charge in [-0.3, -0.25) is 0 Å². The number of hydrogen-bond donors (Lipinski definition) is 1. The van der Waals surface area contributed by atoms with Gasteiger partial charge in [0.25, 0.3) is 0 Å². The van der Waals surface area contributed by atoms with Crippen LogP contribution in [0, 0.1) is 0 Å². The molecule has 0 radical (unpaired) electrons.